The Bertz CT molecular complexity index is 1000. The minimum Gasteiger partial charge on any atom is -0.478 e. The van der Waals surface area contributed by atoms with E-state index in [1.807, 2.05) is 12.3 Å². The second-order valence-corrected chi connectivity index (χ2v) is 10.2. The van der Waals surface area contributed by atoms with Crippen LogP contribution in [-0.4, -0.2) is 58.5 Å². The summed E-state index contributed by atoms with van der Waals surface area (Å²) in [6.45, 7) is 9.57. The van der Waals surface area contributed by atoms with Gasteiger partial charge in [-0.15, -0.1) is 0 Å². The number of aliphatic hydroxyl groups is 1. The number of hydrogen-bond acceptors (Lipinski definition) is 7. The molecule has 2 aliphatic carbocycles. The number of ketones is 1. The molecule has 9 heteroatoms. The molecular formula is C27H38N2O7. The van der Waals surface area contributed by atoms with Crippen LogP contribution >= 0.6 is 0 Å². The van der Waals surface area contributed by atoms with Crippen LogP contribution in [0.15, 0.2) is 35.5 Å². The molecule has 5 N–H and O–H groups in total. The molecule has 1 saturated carbocycles. The Balaban J connectivity index is 0.000000493. The van der Waals surface area contributed by atoms with Gasteiger partial charge in [0.2, 0.25) is 0 Å². The van der Waals surface area contributed by atoms with Gasteiger partial charge < -0.3 is 25.9 Å². The first kappa shape index (κ1) is 29.2. The van der Waals surface area contributed by atoms with E-state index in [2.05, 4.69) is 45.0 Å². The zero-order chi connectivity index (χ0) is 27.1. The second kappa shape index (κ2) is 12.3. The molecule has 0 amide bonds. The minimum absolute atomic E-state index is 0.162. The topological polar surface area (TPSA) is 160 Å². The van der Waals surface area contributed by atoms with E-state index in [4.69, 9.17) is 20.8 Å². The molecule has 2 aliphatic rings. The van der Waals surface area contributed by atoms with Gasteiger partial charge in [-0.05, 0) is 54.3 Å². The van der Waals surface area contributed by atoms with Gasteiger partial charge in [0.1, 0.15) is 12.7 Å². The first-order chi connectivity index (χ1) is 16.9. The lowest BCUT2D eigenvalue weighted by molar-refractivity contribution is -0.134. The van der Waals surface area contributed by atoms with Crippen molar-refractivity contribution in [3.63, 3.8) is 0 Å². The van der Waals surface area contributed by atoms with E-state index < -0.39 is 23.5 Å². The van der Waals surface area contributed by atoms with Crippen LogP contribution in [0.4, 0.5) is 0 Å². The lowest BCUT2D eigenvalue weighted by Gasteiger charge is -2.55. The molecule has 2 unspecified atom stereocenters. The number of hydrogen-bond donors (Lipinski definition) is 4. The number of carbonyl (C=O) groups is 3. The Labute approximate surface area is 212 Å². The second-order valence-electron chi connectivity index (χ2n) is 10.2. The highest BCUT2D eigenvalue weighted by Crippen LogP contribution is 2.56. The van der Waals surface area contributed by atoms with Crippen LogP contribution in [0.2, 0.25) is 0 Å². The average Bonchev–Trinajstić information content (AvgIpc) is 2.81. The molecule has 0 saturated heterocycles. The van der Waals surface area contributed by atoms with Gasteiger partial charge in [-0.2, -0.15) is 0 Å². The third kappa shape index (κ3) is 6.59. The van der Waals surface area contributed by atoms with Crippen molar-refractivity contribution in [3.8, 4) is 0 Å². The van der Waals surface area contributed by atoms with Gasteiger partial charge in [-0.25, -0.2) is 9.59 Å². The number of Topliss-reactive ketones (excluding diaryl/α,β-unsaturated/α-hetero) is 1. The number of nitrogens with two attached hydrogens (primary N) is 1. The smallest absolute Gasteiger partial charge is 0.328 e. The fraction of sp³-hybridized carbons (Fsp3) is 0.556. The van der Waals surface area contributed by atoms with E-state index in [9.17, 15) is 19.5 Å². The van der Waals surface area contributed by atoms with Crippen LogP contribution in [0.5, 0.6) is 0 Å². The normalized spacial score (nSPS) is 27.4. The van der Waals surface area contributed by atoms with Gasteiger partial charge in [0, 0.05) is 29.0 Å². The molecule has 0 aliphatic heterocycles. The molecule has 1 fully saturated rings. The largest absolute Gasteiger partial charge is 0.478 e. The molecule has 0 spiro atoms. The molecule has 0 radical (unpaired) electrons. The molecular weight excluding hydrogens is 464 g/mol. The van der Waals surface area contributed by atoms with Crippen LogP contribution < -0.4 is 5.73 Å². The van der Waals surface area contributed by atoms with Crippen LogP contribution in [0.1, 0.15) is 80.8 Å². The SMILES string of the molecule is CC(C)c1ccc2c(c1)C(=O)C(O)C1[C@@](C)(/C=N/OCCCN)CCC[C@]21C.O=C(O)/C=C/C(=O)O. The summed E-state index contributed by atoms with van der Waals surface area (Å²) in [7, 11) is 0. The number of fused-ring (bicyclic) bond motifs is 3. The molecule has 1 aromatic carbocycles. The lowest BCUT2D eigenvalue weighted by atomic mass is 9.49. The predicted octanol–water partition coefficient (Wildman–Crippen LogP) is 3.49. The van der Waals surface area contributed by atoms with Crippen molar-refractivity contribution in [2.45, 2.75) is 70.8 Å². The van der Waals surface area contributed by atoms with Gasteiger partial charge in [-0.1, -0.05) is 51.4 Å². The van der Waals surface area contributed by atoms with Crippen molar-refractivity contribution in [3.05, 3.63) is 47.0 Å². The predicted molar refractivity (Wildman–Crippen MR) is 136 cm³/mol. The number of benzene rings is 1. The quantitative estimate of drug-likeness (QED) is 0.182. The minimum atomic E-state index is -1.26. The fourth-order valence-corrected chi connectivity index (χ4v) is 5.47. The van der Waals surface area contributed by atoms with E-state index >= 15 is 0 Å². The first-order valence-electron chi connectivity index (χ1n) is 12.2. The van der Waals surface area contributed by atoms with Gasteiger partial charge >= 0.3 is 11.9 Å². The average molecular weight is 503 g/mol. The van der Waals surface area contributed by atoms with Crippen molar-refractivity contribution < 1.29 is 34.5 Å². The summed E-state index contributed by atoms with van der Waals surface area (Å²) in [6.07, 6.45) is 5.50. The Kier molecular flexibility index (Phi) is 9.95. The highest BCUT2D eigenvalue weighted by Gasteiger charge is 2.57. The number of rotatable bonds is 8. The first-order valence-corrected chi connectivity index (χ1v) is 12.2. The van der Waals surface area contributed by atoms with Gasteiger partial charge in [0.25, 0.3) is 0 Å². The highest BCUT2D eigenvalue weighted by molar-refractivity contribution is 6.03. The Morgan fingerprint density at radius 3 is 2.39 bits per heavy atom. The van der Waals surface area contributed by atoms with Crippen molar-refractivity contribution in [1.82, 2.24) is 0 Å². The number of aliphatic carboxylic acids is 2. The van der Waals surface area contributed by atoms with Crippen molar-refractivity contribution in [2.24, 2.45) is 22.2 Å². The summed E-state index contributed by atoms with van der Waals surface area (Å²) in [5.74, 6) is -2.55. The number of carbonyl (C=O) groups excluding carboxylic acids is 1. The molecule has 0 bridgehead atoms. The van der Waals surface area contributed by atoms with Gasteiger partial charge in [0.05, 0.1) is 6.21 Å². The summed E-state index contributed by atoms with van der Waals surface area (Å²) in [6, 6.07) is 6.23. The summed E-state index contributed by atoms with van der Waals surface area (Å²) < 4.78 is 0. The molecule has 3 rings (SSSR count). The zero-order valence-corrected chi connectivity index (χ0v) is 21.4. The van der Waals surface area contributed by atoms with E-state index in [-0.39, 0.29) is 17.1 Å². The van der Waals surface area contributed by atoms with Crippen LogP contribution in [0, 0.1) is 11.3 Å². The number of aliphatic hydroxyl groups excluding tert-OH is 1. The van der Waals surface area contributed by atoms with Crippen molar-refractivity contribution in [2.75, 3.05) is 13.2 Å². The molecule has 9 nitrogen and oxygen atoms in total. The van der Waals surface area contributed by atoms with Gasteiger partial charge in [-0.3, -0.25) is 4.79 Å². The van der Waals surface area contributed by atoms with E-state index in [0.717, 1.165) is 36.8 Å². The Hall–Kier alpha value is -3.04. The Morgan fingerprint density at radius 1 is 1.19 bits per heavy atom. The van der Waals surface area contributed by atoms with E-state index in [0.29, 0.717) is 36.8 Å². The molecule has 0 aromatic heterocycles. The van der Waals surface area contributed by atoms with Gasteiger partial charge in [0.15, 0.2) is 5.78 Å². The maximum absolute atomic E-state index is 13.2. The third-order valence-corrected chi connectivity index (χ3v) is 7.21. The fourth-order valence-electron chi connectivity index (χ4n) is 5.47. The van der Waals surface area contributed by atoms with E-state index in [1.165, 1.54) is 0 Å². The standard InChI is InChI=1S/C23H34N2O3.C4H4O4/c1-15(2)16-7-8-18-17(13-16)19(26)20(27)21-22(3,9-5-10-23(18,21)4)14-25-28-12-6-11-24;5-3(6)1-2-4(7)8/h7-8,13-15,20-21,27H,5-6,9-12,24H2,1-4H3;1-2H,(H,5,6)(H,7,8)/b25-14+;2-1+/t20?,21?,22-,23-;/m1./s1. The molecule has 198 valence electrons. The maximum atomic E-state index is 13.2. The summed E-state index contributed by atoms with van der Waals surface area (Å²) in [5.41, 5.74) is 7.71. The zero-order valence-electron chi connectivity index (χ0n) is 21.4. The highest BCUT2D eigenvalue weighted by atomic mass is 16.6. The molecule has 1 aromatic rings. The van der Waals surface area contributed by atoms with E-state index in [1.54, 1.807) is 0 Å². The number of oxime groups is 1. The lowest BCUT2D eigenvalue weighted by Crippen LogP contribution is -2.58. The molecule has 36 heavy (non-hydrogen) atoms. The summed E-state index contributed by atoms with van der Waals surface area (Å²) in [5, 5.41) is 30.9. The Morgan fingerprint density at radius 2 is 1.83 bits per heavy atom. The van der Waals surface area contributed by atoms with Crippen LogP contribution in [0.25, 0.3) is 0 Å². The summed E-state index contributed by atoms with van der Waals surface area (Å²) >= 11 is 0. The van der Waals surface area contributed by atoms with Crippen molar-refractivity contribution >= 4 is 23.9 Å². The third-order valence-electron chi connectivity index (χ3n) is 7.21. The number of carboxylic acids is 2. The summed E-state index contributed by atoms with van der Waals surface area (Å²) in [4.78, 5) is 37.6. The van der Waals surface area contributed by atoms with Crippen LogP contribution in [0.3, 0.4) is 0 Å². The van der Waals surface area contributed by atoms with Crippen molar-refractivity contribution in [1.29, 1.82) is 0 Å². The monoisotopic (exact) mass is 502 g/mol. The molecule has 0 heterocycles. The molecule has 4 atom stereocenters. The number of nitrogens with zero attached hydrogens (tertiary/aromatic N) is 1. The van der Waals surface area contributed by atoms with Crippen LogP contribution in [-0.2, 0) is 19.8 Å². The number of carboxylic acid groups (broad SMARTS) is 2. The maximum Gasteiger partial charge on any atom is 0.328 e.